The van der Waals surface area contributed by atoms with Gasteiger partial charge in [0, 0.05) is 24.7 Å². The van der Waals surface area contributed by atoms with E-state index in [1.807, 2.05) is 47.7 Å². The molecule has 7 heteroatoms. The maximum Gasteiger partial charge on any atom is 0.253 e. The van der Waals surface area contributed by atoms with Gasteiger partial charge in [0.1, 0.15) is 0 Å². The molecule has 0 atom stereocenters. The largest absolute Gasteiger partial charge is 0.339 e. The fourth-order valence-corrected chi connectivity index (χ4v) is 3.15. The fraction of sp³-hybridized carbons (Fsp3) is 0.412. The Morgan fingerprint density at radius 2 is 1.79 bits per heavy atom. The molecule has 0 bridgehead atoms. The molecule has 2 heterocycles. The minimum absolute atomic E-state index is 0. The molecule has 1 fully saturated rings. The van der Waals surface area contributed by atoms with Crippen molar-refractivity contribution in [3.05, 3.63) is 45.7 Å². The Hall–Kier alpha value is -1.37. The molecular formula is C17H22BrClN4O. The van der Waals surface area contributed by atoms with E-state index in [-0.39, 0.29) is 24.4 Å². The van der Waals surface area contributed by atoms with E-state index in [1.54, 1.807) is 0 Å². The molecule has 1 aromatic carbocycles. The second-order valence-electron chi connectivity index (χ2n) is 6.07. The molecule has 0 saturated carbocycles. The van der Waals surface area contributed by atoms with Gasteiger partial charge in [0.05, 0.1) is 21.5 Å². The number of hydrogen-bond acceptors (Lipinski definition) is 3. The van der Waals surface area contributed by atoms with Crippen molar-refractivity contribution in [3.63, 3.8) is 0 Å². The van der Waals surface area contributed by atoms with E-state index in [0.717, 1.165) is 47.5 Å². The van der Waals surface area contributed by atoms with Gasteiger partial charge in [-0.05, 0) is 66.9 Å². The van der Waals surface area contributed by atoms with Gasteiger partial charge in [-0.1, -0.05) is 0 Å². The van der Waals surface area contributed by atoms with Crippen molar-refractivity contribution >= 4 is 34.2 Å². The molecule has 2 N–H and O–H groups in total. The van der Waals surface area contributed by atoms with Crippen molar-refractivity contribution in [2.75, 3.05) is 13.1 Å². The van der Waals surface area contributed by atoms with Crippen LogP contribution in [-0.4, -0.2) is 39.7 Å². The first kappa shape index (κ1) is 19.0. The van der Waals surface area contributed by atoms with Crippen LogP contribution in [0.25, 0.3) is 5.69 Å². The number of likely N-dealkylation sites (tertiary alicyclic amines) is 1. The van der Waals surface area contributed by atoms with Crippen molar-refractivity contribution in [3.8, 4) is 5.69 Å². The number of halogens is 2. The Bertz CT molecular complexity index is 721. The van der Waals surface area contributed by atoms with E-state index in [0.29, 0.717) is 5.56 Å². The molecule has 24 heavy (non-hydrogen) atoms. The molecule has 0 radical (unpaired) electrons. The van der Waals surface area contributed by atoms with Gasteiger partial charge in [0.25, 0.3) is 5.91 Å². The topological polar surface area (TPSA) is 64.2 Å². The Morgan fingerprint density at radius 3 is 2.29 bits per heavy atom. The summed E-state index contributed by atoms with van der Waals surface area (Å²) in [6, 6.07) is 7.85. The van der Waals surface area contributed by atoms with Crippen LogP contribution in [-0.2, 0) is 0 Å². The Labute approximate surface area is 156 Å². The summed E-state index contributed by atoms with van der Waals surface area (Å²) >= 11 is 3.54. The van der Waals surface area contributed by atoms with Gasteiger partial charge in [-0.25, -0.2) is 4.68 Å². The molecule has 2 aromatic rings. The summed E-state index contributed by atoms with van der Waals surface area (Å²) < 4.78 is 2.90. The third-order valence-electron chi connectivity index (χ3n) is 4.39. The Morgan fingerprint density at radius 1 is 1.21 bits per heavy atom. The summed E-state index contributed by atoms with van der Waals surface area (Å²) in [5.41, 5.74) is 9.56. The van der Waals surface area contributed by atoms with Gasteiger partial charge in [-0.3, -0.25) is 4.79 Å². The minimum atomic E-state index is 0. The normalized spacial score (nSPS) is 15.2. The summed E-state index contributed by atoms with van der Waals surface area (Å²) in [4.78, 5) is 14.4. The monoisotopic (exact) mass is 412 g/mol. The van der Waals surface area contributed by atoms with Crippen molar-refractivity contribution in [1.29, 1.82) is 0 Å². The van der Waals surface area contributed by atoms with Crippen LogP contribution in [0.1, 0.15) is 34.6 Å². The number of aromatic nitrogens is 2. The molecular weight excluding hydrogens is 392 g/mol. The van der Waals surface area contributed by atoms with E-state index >= 15 is 0 Å². The zero-order valence-corrected chi connectivity index (χ0v) is 16.2. The van der Waals surface area contributed by atoms with Crippen LogP contribution in [0.2, 0.25) is 0 Å². The molecule has 0 unspecified atom stereocenters. The van der Waals surface area contributed by atoms with Gasteiger partial charge in [-0.15, -0.1) is 12.4 Å². The molecule has 130 valence electrons. The molecule has 1 aliphatic rings. The van der Waals surface area contributed by atoms with Gasteiger partial charge >= 0.3 is 0 Å². The zero-order valence-electron chi connectivity index (χ0n) is 13.8. The summed E-state index contributed by atoms with van der Waals surface area (Å²) in [7, 11) is 0. The molecule has 1 aromatic heterocycles. The van der Waals surface area contributed by atoms with Crippen LogP contribution in [0.4, 0.5) is 0 Å². The highest BCUT2D eigenvalue weighted by Gasteiger charge is 2.21. The van der Waals surface area contributed by atoms with Crippen molar-refractivity contribution in [2.24, 2.45) is 5.73 Å². The Kier molecular flexibility index (Phi) is 6.06. The van der Waals surface area contributed by atoms with E-state index in [1.165, 1.54) is 0 Å². The quantitative estimate of drug-likeness (QED) is 0.822. The third-order valence-corrected chi connectivity index (χ3v) is 5.54. The summed E-state index contributed by atoms with van der Waals surface area (Å²) in [5.74, 6) is 0.0815. The number of hydrogen-bond donors (Lipinski definition) is 1. The van der Waals surface area contributed by atoms with Gasteiger partial charge < -0.3 is 10.6 Å². The lowest BCUT2D eigenvalue weighted by molar-refractivity contribution is 0.0715. The fourth-order valence-electron chi connectivity index (χ4n) is 2.91. The summed E-state index contributed by atoms with van der Waals surface area (Å²) in [6.07, 6.45) is 1.76. The number of rotatable bonds is 2. The van der Waals surface area contributed by atoms with E-state index in [2.05, 4.69) is 21.0 Å². The van der Waals surface area contributed by atoms with Crippen LogP contribution in [0.15, 0.2) is 28.7 Å². The number of carbonyl (C=O) groups excluding carboxylic acids is 1. The maximum atomic E-state index is 12.5. The lowest BCUT2D eigenvalue weighted by atomic mass is 10.0. The highest BCUT2D eigenvalue weighted by Crippen LogP contribution is 2.23. The smallest absolute Gasteiger partial charge is 0.253 e. The molecule has 5 nitrogen and oxygen atoms in total. The predicted molar refractivity (Wildman–Crippen MR) is 101 cm³/mol. The van der Waals surface area contributed by atoms with E-state index in [9.17, 15) is 4.79 Å². The number of amides is 1. The van der Waals surface area contributed by atoms with Crippen molar-refractivity contribution < 1.29 is 4.79 Å². The standard InChI is InChI=1S/C17H21BrN4O.ClH/c1-11-16(18)12(2)22(20-11)15-5-3-13(4-6-15)17(23)21-9-7-14(19)8-10-21;/h3-6,14H,7-10,19H2,1-2H3;1H. The van der Waals surface area contributed by atoms with Gasteiger partial charge in [-0.2, -0.15) is 5.10 Å². The number of nitrogens with zero attached hydrogens (tertiary/aromatic N) is 3. The number of nitrogens with two attached hydrogens (primary N) is 1. The van der Waals surface area contributed by atoms with Crippen molar-refractivity contribution in [1.82, 2.24) is 14.7 Å². The number of carbonyl (C=O) groups is 1. The van der Waals surface area contributed by atoms with E-state index < -0.39 is 0 Å². The third kappa shape index (κ3) is 3.66. The SMILES string of the molecule is Cc1nn(-c2ccc(C(=O)N3CCC(N)CC3)cc2)c(C)c1Br.Cl. The van der Waals surface area contributed by atoms with Crippen LogP contribution >= 0.6 is 28.3 Å². The molecule has 1 amide bonds. The van der Waals surface area contributed by atoms with Crippen LogP contribution in [0.5, 0.6) is 0 Å². The molecule has 3 rings (SSSR count). The minimum Gasteiger partial charge on any atom is -0.339 e. The zero-order chi connectivity index (χ0) is 16.6. The second-order valence-corrected chi connectivity index (χ2v) is 6.87. The average Bonchev–Trinajstić information content (AvgIpc) is 2.83. The second kappa shape index (κ2) is 7.68. The first-order chi connectivity index (χ1) is 11.0. The van der Waals surface area contributed by atoms with E-state index in [4.69, 9.17) is 5.73 Å². The first-order valence-electron chi connectivity index (χ1n) is 7.84. The van der Waals surface area contributed by atoms with Gasteiger partial charge in [0.2, 0.25) is 0 Å². The number of benzene rings is 1. The highest BCUT2D eigenvalue weighted by atomic mass is 79.9. The van der Waals surface area contributed by atoms with Crippen LogP contribution < -0.4 is 5.73 Å². The molecule has 0 spiro atoms. The number of aryl methyl sites for hydroxylation is 1. The average molecular weight is 414 g/mol. The predicted octanol–water partition coefficient (Wildman–Crippen LogP) is 3.24. The first-order valence-corrected chi connectivity index (χ1v) is 8.63. The summed E-state index contributed by atoms with van der Waals surface area (Å²) in [5, 5.41) is 4.51. The Balaban J connectivity index is 0.00000208. The highest BCUT2D eigenvalue weighted by molar-refractivity contribution is 9.10. The maximum absolute atomic E-state index is 12.5. The number of piperidine rings is 1. The molecule has 0 aliphatic carbocycles. The van der Waals surface area contributed by atoms with Crippen LogP contribution in [0, 0.1) is 13.8 Å². The molecule has 1 aliphatic heterocycles. The van der Waals surface area contributed by atoms with Crippen LogP contribution in [0.3, 0.4) is 0 Å². The molecule has 1 saturated heterocycles. The lowest BCUT2D eigenvalue weighted by Gasteiger charge is -2.30. The summed E-state index contributed by atoms with van der Waals surface area (Å²) in [6.45, 7) is 5.46. The van der Waals surface area contributed by atoms with Gasteiger partial charge in [0.15, 0.2) is 0 Å². The lowest BCUT2D eigenvalue weighted by Crippen LogP contribution is -2.42. The van der Waals surface area contributed by atoms with Crippen molar-refractivity contribution in [2.45, 2.75) is 32.7 Å².